The molecule has 1 amide bonds. The molecule has 0 aliphatic carbocycles. The second-order valence-electron chi connectivity index (χ2n) is 4.41. The monoisotopic (exact) mass is 273 g/mol. The minimum atomic E-state index is -0.428. The van der Waals surface area contributed by atoms with E-state index in [4.69, 9.17) is 4.74 Å². The third kappa shape index (κ3) is 3.82. The van der Waals surface area contributed by atoms with Crippen molar-refractivity contribution in [3.8, 4) is 5.75 Å². The third-order valence-corrected chi connectivity index (χ3v) is 2.91. The number of benzene rings is 2. The summed E-state index contributed by atoms with van der Waals surface area (Å²) in [6, 6.07) is 14.1. The number of nitrogens with one attached hydrogen (secondary N) is 1. The van der Waals surface area contributed by atoms with Crippen LogP contribution in [0.1, 0.15) is 11.1 Å². The van der Waals surface area contributed by atoms with Gasteiger partial charge < -0.3 is 10.1 Å². The average Bonchev–Trinajstić information content (AvgIpc) is 2.46. The van der Waals surface area contributed by atoms with E-state index in [1.807, 2.05) is 30.3 Å². The molecule has 0 saturated heterocycles. The number of hydrogen-bond donors (Lipinski definition) is 1. The molecule has 3 nitrogen and oxygen atoms in total. The van der Waals surface area contributed by atoms with Crippen molar-refractivity contribution in [2.75, 3.05) is 7.11 Å². The van der Waals surface area contributed by atoms with Crippen molar-refractivity contribution in [3.63, 3.8) is 0 Å². The first-order chi connectivity index (χ1) is 9.69. The number of halogens is 1. The van der Waals surface area contributed by atoms with Crippen LogP contribution in [0.25, 0.3) is 0 Å². The van der Waals surface area contributed by atoms with Gasteiger partial charge in [0.15, 0.2) is 11.6 Å². The highest BCUT2D eigenvalue weighted by Gasteiger charge is 2.06. The molecule has 0 aliphatic heterocycles. The molecule has 0 aliphatic rings. The van der Waals surface area contributed by atoms with E-state index in [1.54, 1.807) is 12.1 Å². The van der Waals surface area contributed by atoms with Crippen LogP contribution in [0.3, 0.4) is 0 Å². The van der Waals surface area contributed by atoms with Crippen molar-refractivity contribution in [2.24, 2.45) is 0 Å². The molecule has 20 heavy (non-hydrogen) atoms. The van der Waals surface area contributed by atoms with Crippen molar-refractivity contribution in [3.05, 3.63) is 65.5 Å². The minimum Gasteiger partial charge on any atom is -0.494 e. The zero-order valence-corrected chi connectivity index (χ0v) is 11.2. The van der Waals surface area contributed by atoms with Gasteiger partial charge in [-0.05, 0) is 23.3 Å². The van der Waals surface area contributed by atoms with Gasteiger partial charge in [-0.2, -0.15) is 0 Å². The molecule has 0 radical (unpaired) electrons. The second kappa shape index (κ2) is 6.70. The Labute approximate surface area is 117 Å². The fraction of sp³-hybridized carbons (Fsp3) is 0.188. The van der Waals surface area contributed by atoms with E-state index in [1.165, 1.54) is 13.2 Å². The molecule has 1 N–H and O–H groups in total. The number of rotatable bonds is 5. The van der Waals surface area contributed by atoms with Crippen molar-refractivity contribution >= 4 is 5.91 Å². The fourth-order valence-corrected chi connectivity index (χ4v) is 1.86. The Hall–Kier alpha value is -2.36. The van der Waals surface area contributed by atoms with Gasteiger partial charge in [-0.1, -0.05) is 36.4 Å². The van der Waals surface area contributed by atoms with Crippen LogP contribution < -0.4 is 10.1 Å². The summed E-state index contributed by atoms with van der Waals surface area (Å²) in [6.45, 7) is 0.298. The van der Waals surface area contributed by atoms with Crippen LogP contribution in [-0.2, 0) is 17.8 Å². The molecule has 2 rings (SSSR count). The summed E-state index contributed by atoms with van der Waals surface area (Å²) < 4.78 is 18.3. The zero-order chi connectivity index (χ0) is 14.4. The van der Waals surface area contributed by atoms with Gasteiger partial charge in [0.1, 0.15) is 0 Å². The Morgan fingerprint density at radius 2 is 1.90 bits per heavy atom. The van der Waals surface area contributed by atoms with Crippen molar-refractivity contribution < 1.29 is 13.9 Å². The minimum absolute atomic E-state index is 0.0903. The summed E-state index contributed by atoms with van der Waals surface area (Å²) in [5.74, 6) is -0.320. The molecule has 0 fully saturated rings. The van der Waals surface area contributed by atoms with Gasteiger partial charge in [-0.15, -0.1) is 0 Å². The number of carbonyl (C=O) groups excluding carboxylic acids is 1. The molecule has 2 aromatic carbocycles. The maximum atomic E-state index is 13.5. The van der Waals surface area contributed by atoms with Crippen LogP contribution in [0.5, 0.6) is 5.75 Å². The van der Waals surface area contributed by atoms with Gasteiger partial charge in [0, 0.05) is 6.54 Å². The molecule has 2 aromatic rings. The van der Waals surface area contributed by atoms with E-state index in [0.29, 0.717) is 18.5 Å². The smallest absolute Gasteiger partial charge is 0.224 e. The lowest BCUT2D eigenvalue weighted by Gasteiger charge is -2.07. The van der Waals surface area contributed by atoms with Crippen molar-refractivity contribution in [1.29, 1.82) is 0 Å². The number of carbonyl (C=O) groups is 1. The van der Waals surface area contributed by atoms with Crippen LogP contribution in [0.2, 0.25) is 0 Å². The number of ether oxygens (including phenoxy) is 1. The standard InChI is InChI=1S/C16H16FNO2/c1-20-15-8-7-13(9-14(15)17)11-18-16(19)10-12-5-3-2-4-6-12/h2-9H,10-11H2,1H3,(H,18,19). The van der Waals surface area contributed by atoms with Crippen LogP contribution in [0.15, 0.2) is 48.5 Å². The largest absolute Gasteiger partial charge is 0.494 e. The summed E-state index contributed by atoms with van der Waals surface area (Å²) in [7, 11) is 1.42. The molecule has 0 unspecified atom stereocenters. The van der Waals surface area contributed by atoms with E-state index >= 15 is 0 Å². The van der Waals surface area contributed by atoms with Gasteiger partial charge in [-0.3, -0.25) is 4.79 Å². The van der Waals surface area contributed by atoms with Gasteiger partial charge in [0.05, 0.1) is 13.5 Å². The Morgan fingerprint density at radius 1 is 1.15 bits per heavy atom. The lowest BCUT2D eigenvalue weighted by atomic mass is 10.1. The Kier molecular flexibility index (Phi) is 4.71. The molecule has 104 valence electrons. The predicted octanol–water partition coefficient (Wildman–Crippen LogP) is 2.69. The highest BCUT2D eigenvalue weighted by atomic mass is 19.1. The van der Waals surface area contributed by atoms with E-state index < -0.39 is 5.82 Å². The first kappa shape index (κ1) is 14.1. The summed E-state index contributed by atoms with van der Waals surface area (Å²) in [4.78, 5) is 11.8. The quantitative estimate of drug-likeness (QED) is 0.909. The van der Waals surface area contributed by atoms with Gasteiger partial charge in [0.25, 0.3) is 0 Å². The second-order valence-corrected chi connectivity index (χ2v) is 4.41. The maximum absolute atomic E-state index is 13.5. The highest BCUT2D eigenvalue weighted by Crippen LogP contribution is 2.17. The van der Waals surface area contributed by atoms with E-state index in [0.717, 1.165) is 5.56 Å². The molecule has 0 atom stereocenters. The first-order valence-electron chi connectivity index (χ1n) is 6.32. The topological polar surface area (TPSA) is 38.3 Å². The van der Waals surface area contributed by atoms with E-state index in [-0.39, 0.29) is 11.7 Å². The summed E-state index contributed by atoms with van der Waals surface area (Å²) in [5, 5.41) is 2.77. The summed E-state index contributed by atoms with van der Waals surface area (Å²) >= 11 is 0. The molecule has 0 bridgehead atoms. The van der Waals surface area contributed by atoms with Gasteiger partial charge >= 0.3 is 0 Å². The predicted molar refractivity (Wildman–Crippen MR) is 74.9 cm³/mol. The third-order valence-electron chi connectivity index (χ3n) is 2.91. The molecule has 0 aromatic heterocycles. The first-order valence-corrected chi connectivity index (χ1v) is 6.32. The average molecular weight is 273 g/mol. The van der Waals surface area contributed by atoms with Crippen molar-refractivity contribution in [2.45, 2.75) is 13.0 Å². The Morgan fingerprint density at radius 3 is 2.55 bits per heavy atom. The van der Waals surface area contributed by atoms with Crippen LogP contribution in [0, 0.1) is 5.82 Å². The lowest BCUT2D eigenvalue weighted by Crippen LogP contribution is -2.24. The number of hydrogen-bond acceptors (Lipinski definition) is 2. The van der Waals surface area contributed by atoms with E-state index in [9.17, 15) is 9.18 Å². The molecule has 0 spiro atoms. The SMILES string of the molecule is COc1ccc(CNC(=O)Cc2ccccc2)cc1F. The summed E-state index contributed by atoms with van der Waals surface area (Å²) in [6.07, 6.45) is 0.319. The molecule has 0 saturated carbocycles. The van der Waals surface area contributed by atoms with E-state index in [2.05, 4.69) is 5.32 Å². The Bertz CT molecular complexity index is 584. The normalized spacial score (nSPS) is 10.1. The van der Waals surface area contributed by atoms with Gasteiger partial charge in [-0.25, -0.2) is 4.39 Å². The molecule has 4 heteroatoms. The van der Waals surface area contributed by atoms with Crippen LogP contribution in [-0.4, -0.2) is 13.0 Å². The number of amides is 1. The van der Waals surface area contributed by atoms with Gasteiger partial charge in [0.2, 0.25) is 5.91 Å². The van der Waals surface area contributed by atoms with Crippen molar-refractivity contribution in [1.82, 2.24) is 5.32 Å². The highest BCUT2D eigenvalue weighted by molar-refractivity contribution is 5.78. The van der Waals surface area contributed by atoms with Crippen LogP contribution >= 0.6 is 0 Å². The Balaban J connectivity index is 1.89. The van der Waals surface area contributed by atoms with Crippen LogP contribution in [0.4, 0.5) is 4.39 Å². The zero-order valence-electron chi connectivity index (χ0n) is 11.2. The maximum Gasteiger partial charge on any atom is 0.224 e. The lowest BCUT2D eigenvalue weighted by molar-refractivity contribution is -0.120. The molecular weight excluding hydrogens is 257 g/mol. The molecular formula is C16H16FNO2. The fourth-order valence-electron chi connectivity index (χ4n) is 1.86. The molecule has 0 heterocycles. The number of methoxy groups -OCH3 is 1. The summed E-state index contributed by atoms with van der Waals surface area (Å²) in [5.41, 5.74) is 1.65.